The van der Waals surface area contributed by atoms with Crippen LogP contribution >= 0.6 is 11.3 Å². The van der Waals surface area contributed by atoms with E-state index >= 15 is 0 Å². The smallest absolute Gasteiger partial charge is 0.338 e. The molecule has 1 saturated heterocycles. The van der Waals surface area contributed by atoms with Gasteiger partial charge in [0, 0.05) is 25.2 Å². The first-order valence-corrected chi connectivity index (χ1v) is 19.5. The largest absolute Gasteiger partial charge is 0.456 e. The van der Waals surface area contributed by atoms with Crippen LogP contribution in [0.1, 0.15) is 88.3 Å². The molecule has 2 heterocycles. The van der Waals surface area contributed by atoms with Gasteiger partial charge in [-0.05, 0) is 54.0 Å². The molecule has 56 heavy (non-hydrogen) atoms. The van der Waals surface area contributed by atoms with Gasteiger partial charge in [0.1, 0.15) is 30.0 Å². The Morgan fingerprint density at radius 2 is 1.68 bits per heavy atom. The van der Waals surface area contributed by atoms with Crippen molar-refractivity contribution in [2.45, 2.75) is 122 Å². The molecule has 304 valence electrons. The van der Waals surface area contributed by atoms with Crippen LogP contribution in [0.5, 0.6) is 0 Å². The Hall–Kier alpha value is -3.99. The number of benzene rings is 1. The monoisotopic (exact) mass is 797 g/mol. The van der Waals surface area contributed by atoms with E-state index in [2.05, 4.69) is 5.32 Å². The van der Waals surface area contributed by atoms with Gasteiger partial charge < -0.3 is 44.7 Å². The second-order valence-electron chi connectivity index (χ2n) is 17.3. The molecule has 2 bridgehead atoms. The third kappa shape index (κ3) is 6.49. The van der Waals surface area contributed by atoms with E-state index in [-0.39, 0.29) is 29.7 Å². The van der Waals surface area contributed by atoms with Crippen molar-refractivity contribution in [3.05, 3.63) is 69.4 Å². The van der Waals surface area contributed by atoms with Crippen LogP contribution in [0.25, 0.3) is 0 Å². The van der Waals surface area contributed by atoms with Crippen LogP contribution in [-0.4, -0.2) is 110 Å². The van der Waals surface area contributed by atoms with Crippen LogP contribution in [-0.2, 0) is 33.3 Å². The van der Waals surface area contributed by atoms with E-state index in [4.69, 9.17) is 18.9 Å². The zero-order chi connectivity index (χ0) is 41.3. The first-order chi connectivity index (χ1) is 26.0. The van der Waals surface area contributed by atoms with E-state index in [0.29, 0.717) is 4.88 Å². The van der Waals surface area contributed by atoms with Gasteiger partial charge in [0.25, 0.3) is 5.91 Å². The first-order valence-electron chi connectivity index (χ1n) is 18.7. The fraction of sp³-hybridized carbons (Fsp3) is 0.585. The van der Waals surface area contributed by atoms with Crippen LogP contribution in [0.2, 0.25) is 0 Å². The number of thiophene rings is 1. The summed E-state index contributed by atoms with van der Waals surface area (Å²) in [5.41, 5.74) is -8.26. The van der Waals surface area contributed by atoms with Crippen LogP contribution in [0.4, 0.5) is 0 Å². The van der Waals surface area contributed by atoms with E-state index in [0.717, 1.165) is 6.92 Å². The van der Waals surface area contributed by atoms with Crippen LogP contribution in [0.15, 0.2) is 59.0 Å². The second kappa shape index (κ2) is 14.4. The average molecular weight is 798 g/mol. The average Bonchev–Trinajstić information content (AvgIpc) is 3.67. The lowest BCUT2D eigenvalue weighted by Gasteiger charge is -2.67. The van der Waals surface area contributed by atoms with Crippen molar-refractivity contribution in [2.24, 2.45) is 22.2 Å². The topological polar surface area (TPSA) is 215 Å². The molecule has 3 aliphatic carbocycles. The molecule has 1 amide bonds. The standard InChI is InChI=1S/C41H51NO13S/c1-20-23(53-36(50)29(46)31(37(3,4)5)42-34(48)24-15-12-16-56-24)18-41(51)33(54-35(49)22-13-10-9-11-14-22)30-39(8,32(47)28(45)27(20)38(41,6)7)25(44)17-26-40(30,19-52-26)55-21(2)43/h9-16,23,25-26,28-31,33,44-46,51H,17-19H2,1-8H3,(H,42,48)/t23-,25-,26?,28+,29+,30-,31-,33-,39+,40-,41+/m0/s1. The number of fused-ring (bicyclic) bond motifs is 5. The molecule has 4 aliphatic rings. The first kappa shape index (κ1) is 41.6. The van der Waals surface area contributed by atoms with Gasteiger partial charge in [0.15, 0.2) is 17.5 Å². The van der Waals surface area contributed by atoms with Gasteiger partial charge in [-0.15, -0.1) is 11.3 Å². The van der Waals surface area contributed by atoms with Crippen molar-refractivity contribution < 1.29 is 63.3 Å². The molecule has 3 fully saturated rings. The van der Waals surface area contributed by atoms with Gasteiger partial charge in [-0.3, -0.25) is 14.4 Å². The summed E-state index contributed by atoms with van der Waals surface area (Å²) in [7, 11) is 0. The summed E-state index contributed by atoms with van der Waals surface area (Å²) in [5.74, 6) is -5.74. The summed E-state index contributed by atoms with van der Waals surface area (Å²) in [6.07, 6.45) is -10.3. The van der Waals surface area contributed by atoms with Crippen molar-refractivity contribution in [3.63, 3.8) is 0 Å². The fourth-order valence-electron chi connectivity index (χ4n) is 9.51. The minimum Gasteiger partial charge on any atom is -0.456 e. The third-order valence-electron chi connectivity index (χ3n) is 12.7. The molecular formula is C41H51NO13S. The molecule has 1 aliphatic heterocycles. The molecule has 1 unspecified atom stereocenters. The minimum atomic E-state index is -2.32. The Kier molecular flexibility index (Phi) is 10.7. The normalized spacial score (nSPS) is 34.6. The van der Waals surface area contributed by atoms with Crippen LogP contribution in [0, 0.1) is 22.2 Å². The van der Waals surface area contributed by atoms with Gasteiger partial charge in [-0.25, -0.2) is 9.59 Å². The van der Waals surface area contributed by atoms with Crippen molar-refractivity contribution in [1.29, 1.82) is 0 Å². The Morgan fingerprint density at radius 3 is 2.23 bits per heavy atom. The lowest BCUT2D eigenvalue weighted by Crippen LogP contribution is -2.81. The highest BCUT2D eigenvalue weighted by Gasteiger charge is 2.78. The van der Waals surface area contributed by atoms with Crippen LogP contribution < -0.4 is 5.32 Å². The van der Waals surface area contributed by atoms with E-state index in [1.807, 2.05) is 0 Å². The number of carbonyl (C=O) groups is 5. The predicted octanol–water partition coefficient (Wildman–Crippen LogP) is 2.90. The number of Topliss-reactive ketones (excluding diaryl/α,β-unsaturated/α-hetero) is 1. The summed E-state index contributed by atoms with van der Waals surface area (Å²) >= 11 is 1.18. The molecule has 11 atom stereocenters. The van der Waals surface area contributed by atoms with Gasteiger partial charge in [-0.1, -0.05) is 58.9 Å². The summed E-state index contributed by atoms with van der Waals surface area (Å²) in [4.78, 5) is 69.2. The number of hydrogen-bond acceptors (Lipinski definition) is 14. The number of ether oxygens (including phenoxy) is 4. The Morgan fingerprint density at radius 1 is 1.02 bits per heavy atom. The highest BCUT2D eigenvalue weighted by molar-refractivity contribution is 7.12. The molecule has 5 N–H and O–H groups in total. The molecule has 0 spiro atoms. The summed E-state index contributed by atoms with van der Waals surface area (Å²) in [6, 6.07) is 10.0. The van der Waals surface area contributed by atoms with Crippen molar-refractivity contribution in [2.75, 3.05) is 6.61 Å². The number of hydrogen-bond donors (Lipinski definition) is 5. The molecule has 0 radical (unpaired) electrons. The van der Waals surface area contributed by atoms with E-state index < -0.39 is 112 Å². The van der Waals surface area contributed by atoms with Gasteiger partial charge in [0.05, 0.1) is 40.5 Å². The summed E-state index contributed by atoms with van der Waals surface area (Å²) < 4.78 is 24.1. The summed E-state index contributed by atoms with van der Waals surface area (Å²) in [5, 5.41) is 53.3. The maximum absolute atomic E-state index is 14.9. The zero-order valence-corrected chi connectivity index (χ0v) is 33.5. The number of rotatable bonds is 8. The Labute approximate surface area is 329 Å². The van der Waals surface area contributed by atoms with E-state index in [9.17, 15) is 44.4 Å². The number of amides is 1. The lowest BCUT2D eigenvalue weighted by atomic mass is 9.44. The zero-order valence-electron chi connectivity index (χ0n) is 32.7. The number of carbonyl (C=O) groups excluding carboxylic acids is 5. The van der Waals surface area contributed by atoms with Gasteiger partial charge in [-0.2, -0.15) is 0 Å². The molecule has 2 aromatic rings. The Bertz CT molecular complexity index is 1920. The number of aliphatic hydroxyl groups excluding tert-OH is 3. The van der Waals surface area contributed by atoms with Crippen molar-refractivity contribution >= 4 is 40.9 Å². The number of nitrogens with one attached hydrogen (secondary N) is 1. The maximum atomic E-state index is 14.9. The molecule has 14 nitrogen and oxygen atoms in total. The fourth-order valence-corrected chi connectivity index (χ4v) is 10.1. The Balaban J connectivity index is 1.49. The maximum Gasteiger partial charge on any atom is 0.338 e. The quantitative estimate of drug-likeness (QED) is 0.148. The highest BCUT2D eigenvalue weighted by Crippen LogP contribution is 2.64. The van der Waals surface area contributed by atoms with E-state index in [1.165, 1.54) is 37.3 Å². The molecule has 2 saturated carbocycles. The second-order valence-corrected chi connectivity index (χ2v) is 18.3. The molecule has 15 heteroatoms. The molecule has 6 rings (SSSR count). The third-order valence-corrected chi connectivity index (χ3v) is 13.6. The number of ketones is 1. The molecule has 1 aromatic carbocycles. The molecule has 1 aromatic heterocycles. The predicted molar refractivity (Wildman–Crippen MR) is 200 cm³/mol. The molecular weight excluding hydrogens is 747 g/mol. The minimum absolute atomic E-state index is 0.0388. The number of esters is 3. The van der Waals surface area contributed by atoms with Crippen LogP contribution in [0.3, 0.4) is 0 Å². The summed E-state index contributed by atoms with van der Waals surface area (Å²) in [6.45, 7) is 12.1. The van der Waals surface area contributed by atoms with E-state index in [1.54, 1.807) is 70.3 Å². The number of aliphatic hydroxyl groups is 4. The van der Waals surface area contributed by atoms with Gasteiger partial charge >= 0.3 is 17.9 Å². The van der Waals surface area contributed by atoms with Crippen molar-refractivity contribution in [3.8, 4) is 0 Å². The lowest BCUT2D eigenvalue weighted by molar-refractivity contribution is -0.346. The highest BCUT2D eigenvalue weighted by atomic mass is 32.1. The van der Waals surface area contributed by atoms with Crippen molar-refractivity contribution in [1.82, 2.24) is 5.32 Å². The van der Waals surface area contributed by atoms with Gasteiger partial charge in [0.2, 0.25) is 0 Å². The SMILES string of the molecule is CC(=O)O[C@@]12COC1C[C@H](O)[C@@]1(C)C(=O)[C@H](O)C3=C(C)[C@@H](OC(=O)[C@H](O)[C@H](NC(=O)c4cccs4)C(C)(C)C)C[C@@](O)([C@@H](OC(=O)c4ccccc4)[C@@H]12)C3(C)C.